The third-order valence-electron chi connectivity index (χ3n) is 4.36. The van der Waals surface area contributed by atoms with Crippen LogP contribution in [-0.4, -0.2) is 28.6 Å². The van der Waals surface area contributed by atoms with E-state index >= 15 is 0 Å². The fourth-order valence-electron chi connectivity index (χ4n) is 2.95. The molecule has 5 nitrogen and oxygen atoms in total. The third-order valence-corrected chi connectivity index (χ3v) is 4.62. The lowest BCUT2D eigenvalue weighted by atomic mass is 10.3. The third kappa shape index (κ3) is 5.14. The van der Waals surface area contributed by atoms with Crippen molar-refractivity contribution < 1.29 is 9.53 Å². The second-order valence-electron chi connectivity index (χ2n) is 6.61. The minimum atomic E-state index is -0.126. The maximum atomic E-state index is 11.7. The number of amides is 1. The molecule has 1 heterocycles. The number of hydrogen-bond donors (Lipinski definition) is 1. The first kappa shape index (κ1) is 20.0. The average Bonchev–Trinajstić information content (AvgIpc) is 3.04. The summed E-state index contributed by atoms with van der Waals surface area (Å²) < 4.78 is 7.99. The first-order valence-corrected chi connectivity index (χ1v) is 9.68. The minimum Gasteiger partial charge on any atom is -0.494 e. The standard InChI is InChI=1S/C22H24ClN3O2/c1-16(2)22(27)24-13-12-21-25-19-6-3-4-7-20(19)26(21)14-5-15-28-18-10-8-17(23)9-11-18/h3-4,6-11H,1,5,12-15H2,2H3,(H,24,27). The Bertz CT molecular complexity index is 964. The van der Waals surface area contributed by atoms with Crippen molar-refractivity contribution in [3.05, 3.63) is 71.5 Å². The van der Waals surface area contributed by atoms with Gasteiger partial charge in [0.25, 0.3) is 0 Å². The maximum Gasteiger partial charge on any atom is 0.246 e. The highest BCUT2D eigenvalue weighted by molar-refractivity contribution is 6.30. The molecule has 0 saturated heterocycles. The minimum absolute atomic E-state index is 0.126. The number of imidazole rings is 1. The lowest BCUT2D eigenvalue weighted by molar-refractivity contribution is -0.117. The van der Waals surface area contributed by atoms with Crippen LogP contribution in [0.25, 0.3) is 11.0 Å². The molecule has 0 bridgehead atoms. The normalized spacial score (nSPS) is 10.8. The number of aromatic nitrogens is 2. The summed E-state index contributed by atoms with van der Waals surface area (Å²) >= 11 is 5.90. The summed E-state index contributed by atoms with van der Waals surface area (Å²) in [5, 5.41) is 3.56. The number of ether oxygens (including phenoxy) is 1. The molecule has 0 unspecified atom stereocenters. The number of carbonyl (C=O) groups excluding carboxylic acids is 1. The van der Waals surface area contributed by atoms with Gasteiger partial charge >= 0.3 is 0 Å². The van der Waals surface area contributed by atoms with Crippen LogP contribution >= 0.6 is 11.6 Å². The maximum absolute atomic E-state index is 11.7. The number of rotatable bonds is 9. The van der Waals surface area contributed by atoms with Gasteiger partial charge in [0, 0.05) is 30.1 Å². The fraction of sp³-hybridized carbons (Fsp3) is 0.273. The van der Waals surface area contributed by atoms with Gasteiger partial charge in [-0.1, -0.05) is 30.3 Å². The number of para-hydroxylation sites is 2. The smallest absolute Gasteiger partial charge is 0.246 e. The summed E-state index contributed by atoms with van der Waals surface area (Å²) in [5.41, 5.74) is 2.56. The molecule has 0 spiro atoms. The van der Waals surface area contributed by atoms with Crippen LogP contribution in [0.1, 0.15) is 19.2 Å². The number of nitrogens with zero attached hydrogens (tertiary/aromatic N) is 2. The number of fused-ring (bicyclic) bond motifs is 1. The predicted molar refractivity (Wildman–Crippen MR) is 113 cm³/mol. The Morgan fingerprint density at radius 1 is 1.21 bits per heavy atom. The Morgan fingerprint density at radius 2 is 1.96 bits per heavy atom. The van der Waals surface area contributed by atoms with Gasteiger partial charge in [0.1, 0.15) is 11.6 Å². The summed E-state index contributed by atoms with van der Waals surface area (Å²) in [4.78, 5) is 16.4. The van der Waals surface area contributed by atoms with Crippen molar-refractivity contribution >= 4 is 28.5 Å². The van der Waals surface area contributed by atoms with E-state index in [9.17, 15) is 4.79 Å². The molecule has 3 rings (SSSR count). The lowest BCUT2D eigenvalue weighted by Crippen LogP contribution is -2.26. The van der Waals surface area contributed by atoms with E-state index in [1.165, 1.54) is 0 Å². The molecule has 1 amide bonds. The van der Waals surface area contributed by atoms with Gasteiger partial charge in [-0.05, 0) is 49.7 Å². The van der Waals surface area contributed by atoms with Crippen molar-refractivity contribution in [2.24, 2.45) is 0 Å². The molecule has 0 aliphatic rings. The molecule has 0 aliphatic heterocycles. The summed E-state index contributed by atoms with van der Waals surface area (Å²) in [6.07, 6.45) is 1.50. The zero-order valence-electron chi connectivity index (χ0n) is 16.0. The summed E-state index contributed by atoms with van der Waals surface area (Å²) in [6.45, 7) is 7.27. The fourth-order valence-corrected chi connectivity index (χ4v) is 3.07. The SMILES string of the molecule is C=C(C)C(=O)NCCc1nc2ccccc2n1CCCOc1ccc(Cl)cc1. The van der Waals surface area contributed by atoms with E-state index in [4.69, 9.17) is 21.3 Å². The van der Waals surface area contributed by atoms with Crippen molar-refractivity contribution in [3.8, 4) is 5.75 Å². The van der Waals surface area contributed by atoms with E-state index in [0.29, 0.717) is 30.2 Å². The zero-order valence-corrected chi connectivity index (χ0v) is 16.7. The average molecular weight is 398 g/mol. The summed E-state index contributed by atoms with van der Waals surface area (Å²) in [7, 11) is 0. The van der Waals surface area contributed by atoms with Crippen LogP contribution in [0.3, 0.4) is 0 Å². The summed E-state index contributed by atoms with van der Waals surface area (Å²) in [6, 6.07) is 15.4. The number of halogens is 1. The van der Waals surface area contributed by atoms with Crippen LogP contribution < -0.4 is 10.1 Å². The molecular formula is C22H24ClN3O2. The zero-order chi connectivity index (χ0) is 19.9. The molecule has 0 atom stereocenters. The van der Waals surface area contributed by atoms with Crippen LogP contribution in [0, 0.1) is 0 Å². The quantitative estimate of drug-likeness (QED) is 0.430. The van der Waals surface area contributed by atoms with Gasteiger partial charge in [-0.3, -0.25) is 4.79 Å². The molecule has 6 heteroatoms. The second kappa shape index (κ2) is 9.42. The van der Waals surface area contributed by atoms with Crippen LogP contribution in [0.4, 0.5) is 0 Å². The number of hydrogen-bond acceptors (Lipinski definition) is 3. The monoisotopic (exact) mass is 397 g/mol. The molecule has 146 valence electrons. The van der Waals surface area contributed by atoms with E-state index in [1.807, 2.05) is 42.5 Å². The highest BCUT2D eigenvalue weighted by Gasteiger charge is 2.11. The Morgan fingerprint density at radius 3 is 2.71 bits per heavy atom. The Balaban J connectivity index is 1.62. The largest absolute Gasteiger partial charge is 0.494 e. The first-order valence-electron chi connectivity index (χ1n) is 9.31. The second-order valence-corrected chi connectivity index (χ2v) is 7.05. The summed E-state index contributed by atoms with van der Waals surface area (Å²) in [5.74, 6) is 1.64. The Kier molecular flexibility index (Phi) is 6.71. The topological polar surface area (TPSA) is 56.2 Å². The van der Waals surface area contributed by atoms with Gasteiger partial charge in [0.15, 0.2) is 0 Å². The van der Waals surface area contributed by atoms with Crippen molar-refractivity contribution in [2.75, 3.05) is 13.2 Å². The van der Waals surface area contributed by atoms with E-state index < -0.39 is 0 Å². The van der Waals surface area contributed by atoms with E-state index in [2.05, 4.69) is 22.5 Å². The van der Waals surface area contributed by atoms with Crippen molar-refractivity contribution in [1.29, 1.82) is 0 Å². The molecule has 0 aliphatic carbocycles. The van der Waals surface area contributed by atoms with Gasteiger partial charge in [0.05, 0.1) is 17.6 Å². The van der Waals surface area contributed by atoms with E-state index in [-0.39, 0.29) is 5.91 Å². The predicted octanol–water partition coefficient (Wildman–Crippen LogP) is 4.39. The molecule has 2 aromatic carbocycles. The van der Waals surface area contributed by atoms with Crippen molar-refractivity contribution in [3.63, 3.8) is 0 Å². The number of benzene rings is 2. The molecular weight excluding hydrogens is 374 g/mol. The van der Waals surface area contributed by atoms with E-state index in [1.54, 1.807) is 6.92 Å². The van der Waals surface area contributed by atoms with Crippen LogP contribution in [0.2, 0.25) is 5.02 Å². The van der Waals surface area contributed by atoms with Gasteiger partial charge < -0.3 is 14.6 Å². The Hall–Kier alpha value is -2.79. The van der Waals surface area contributed by atoms with Gasteiger partial charge in [-0.15, -0.1) is 0 Å². The molecule has 3 aromatic rings. The molecule has 28 heavy (non-hydrogen) atoms. The van der Waals surface area contributed by atoms with Crippen molar-refractivity contribution in [2.45, 2.75) is 26.3 Å². The van der Waals surface area contributed by atoms with Crippen LogP contribution in [-0.2, 0) is 17.8 Å². The highest BCUT2D eigenvalue weighted by Crippen LogP contribution is 2.18. The van der Waals surface area contributed by atoms with Crippen molar-refractivity contribution in [1.82, 2.24) is 14.9 Å². The molecule has 1 aromatic heterocycles. The van der Waals surface area contributed by atoms with Gasteiger partial charge in [-0.2, -0.15) is 0 Å². The molecule has 0 radical (unpaired) electrons. The van der Waals surface area contributed by atoms with Crippen LogP contribution in [0.5, 0.6) is 5.75 Å². The highest BCUT2D eigenvalue weighted by atomic mass is 35.5. The van der Waals surface area contributed by atoms with Gasteiger partial charge in [0.2, 0.25) is 5.91 Å². The van der Waals surface area contributed by atoms with Crippen LogP contribution in [0.15, 0.2) is 60.7 Å². The van der Waals surface area contributed by atoms with Gasteiger partial charge in [-0.25, -0.2) is 4.98 Å². The number of nitrogens with one attached hydrogen (secondary N) is 1. The number of aryl methyl sites for hydroxylation is 1. The Labute approximate surface area is 170 Å². The molecule has 0 saturated carbocycles. The van der Waals surface area contributed by atoms with E-state index in [0.717, 1.165) is 35.6 Å². The molecule has 0 fully saturated rings. The number of carbonyl (C=O) groups is 1. The first-order chi connectivity index (χ1) is 13.5. The molecule has 1 N–H and O–H groups in total. The lowest BCUT2D eigenvalue weighted by Gasteiger charge is -2.11.